The number of nitrogens with one attached hydrogen (secondary N) is 1. The average molecular weight is 423 g/mol. The van der Waals surface area contributed by atoms with Crippen molar-refractivity contribution >= 4 is 22.6 Å². The van der Waals surface area contributed by atoms with Gasteiger partial charge in [0, 0.05) is 18.0 Å². The quantitative estimate of drug-likeness (QED) is 0.432. The van der Waals surface area contributed by atoms with Crippen LogP contribution in [0.5, 0.6) is 0 Å². The summed E-state index contributed by atoms with van der Waals surface area (Å²) in [7, 11) is 0. The highest BCUT2D eigenvalue weighted by Crippen LogP contribution is 2.27. The smallest absolute Gasteiger partial charge is 0.276 e. The molecule has 2 aromatic heterocycles. The summed E-state index contributed by atoms with van der Waals surface area (Å²) >= 11 is 0. The van der Waals surface area contributed by atoms with Gasteiger partial charge in [-0.05, 0) is 49.4 Å². The van der Waals surface area contributed by atoms with Gasteiger partial charge in [0.25, 0.3) is 5.91 Å². The normalized spacial score (nSPS) is 10.9. The summed E-state index contributed by atoms with van der Waals surface area (Å²) in [5, 5.41) is 7.14. The summed E-state index contributed by atoms with van der Waals surface area (Å²) in [6, 6.07) is 21.2. The number of benzene rings is 3. The maximum atomic E-state index is 14.0. The number of rotatable bonds is 4. The molecule has 0 fully saturated rings. The van der Waals surface area contributed by atoms with Crippen molar-refractivity contribution < 1.29 is 9.18 Å². The van der Waals surface area contributed by atoms with Crippen molar-refractivity contribution in [3.63, 3.8) is 0 Å². The number of aryl methyl sites for hydroxylation is 1. The third kappa shape index (κ3) is 3.72. The van der Waals surface area contributed by atoms with E-state index >= 15 is 0 Å². The molecule has 3 aromatic carbocycles. The Morgan fingerprint density at radius 2 is 1.66 bits per heavy atom. The fourth-order valence-corrected chi connectivity index (χ4v) is 3.45. The summed E-state index contributed by atoms with van der Waals surface area (Å²) in [5.74, 6) is -1.00. The van der Waals surface area contributed by atoms with Crippen molar-refractivity contribution in [2.75, 3.05) is 5.32 Å². The van der Waals surface area contributed by atoms with Crippen LogP contribution in [0.25, 0.3) is 28.0 Å². The first-order chi connectivity index (χ1) is 15.6. The Bertz CT molecular complexity index is 1440. The van der Waals surface area contributed by atoms with Gasteiger partial charge in [0.1, 0.15) is 5.82 Å². The summed E-state index contributed by atoms with van der Waals surface area (Å²) < 4.78 is 15.7. The van der Waals surface area contributed by atoms with Crippen LogP contribution in [0.3, 0.4) is 0 Å². The molecule has 6 nitrogen and oxygen atoms in total. The van der Waals surface area contributed by atoms with Gasteiger partial charge in [-0.3, -0.25) is 14.8 Å². The lowest BCUT2D eigenvalue weighted by molar-refractivity contribution is 0.102. The topological polar surface area (TPSA) is 72.7 Å². The van der Waals surface area contributed by atoms with Crippen LogP contribution in [0.15, 0.2) is 85.2 Å². The molecule has 7 heteroatoms. The molecule has 32 heavy (non-hydrogen) atoms. The first-order valence-corrected chi connectivity index (χ1v) is 10.0. The lowest BCUT2D eigenvalue weighted by Crippen LogP contribution is -2.14. The van der Waals surface area contributed by atoms with Crippen LogP contribution in [-0.2, 0) is 0 Å². The van der Waals surface area contributed by atoms with Gasteiger partial charge >= 0.3 is 0 Å². The molecule has 0 radical (unpaired) electrons. The molecule has 5 aromatic rings. The number of anilines is 1. The second kappa shape index (κ2) is 8.03. The zero-order chi connectivity index (χ0) is 22.1. The van der Waals surface area contributed by atoms with E-state index in [0.717, 1.165) is 27.8 Å². The minimum Gasteiger partial charge on any atom is -0.318 e. The number of carbonyl (C=O) groups excluding carboxylic acids is 1. The summed E-state index contributed by atoms with van der Waals surface area (Å²) in [5.41, 5.74) is 5.23. The third-order valence-electron chi connectivity index (χ3n) is 5.11. The molecule has 0 saturated carbocycles. The van der Waals surface area contributed by atoms with Crippen molar-refractivity contribution in [1.82, 2.24) is 19.7 Å². The van der Waals surface area contributed by atoms with Crippen molar-refractivity contribution in [3.8, 4) is 16.9 Å². The molecule has 1 amide bonds. The maximum Gasteiger partial charge on any atom is 0.276 e. The first kappa shape index (κ1) is 19.6. The van der Waals surface area contributed by atoms with Crippen LogP contribution in [0.2, 0.25) is 0 Å². The number of para-hydroxylation sites is 1. The van der Waals surface area contributed by atoms with E-state index in [4.69, 9.17) is 0 Å². The predicted molar refractivity (Wildman–Crippen MR) is 121 cm³/mol. The zero-order valence-corrected chi connectivity index (χ0v) is 17.2. The second-order valence-corrected chi connectivity index (χ2v) is 7.36. The van der Waals surface area contributed by atoms with Gasteiger partial charge in [-0.25, -0.2) is 9.07 Å². The molecule has 0 aliphatic rings. The van der Waals surface area contributed by atoms with Gasteiger partial charge in [-0.15, -0.1) is 0 Å². The molecular weight excluding hydrogens is 405 g/mol. The molecule has 2 heterocycles. The highest BCUT2D eigenvalue weighted by molar-refractivity contribution is 6.03. The molecule has 0 bridgehead atoms. The van der Waals surface area contributed by atoms with Crippen LogP contribution >= 0.6 is 0 Å². The molecule has 1 N–H and O–H groups in total. The van der Waals surface area contributed by atoms with E-state index in [1.54, 1.807) is 35.3 Å². The number of amides is 1. The Kier molecular flexibility index (Phi) is 4.91. The van der Waals surface area contributed by atoms with E-state index in [0.29, 0.717) is 5.69 Å². The van der Waals surface area contributed by atoms with Crippen LogP contribution in [-0.4, -0.2) is 25.7 Å². The molecule has 0 atom stereocenters. The predicted octanol–water partition coefficient (Wildman–Crippen LogP) is 5.18. The molecule has 0 aliphatic heterocycles. The summed E-state index contributed by atoms with van der Waals surface area (Å²) in [6.07, 6.45) is 3.28. The zero-order valence-electron chi connectivity index (χ0n) is 17.2. The number of hydrogen-bond donors (Lipinski definition) is 1. The maximum absolute atomic E-state index is 14.0. The van der Waals surface area contributed by atoms with Gasteiger partial charge < -0.3 is 5.32 Å². The summed E-state index contributed by atoms with van der Waals surface area (Å²) in [6.45, 7) is 2.00. The minimum atomic E-state index is -0.507. The fourth-order valence-electron chi connectivity index (χ4n) is 3.45. The van der Waals surface area contributed by atoms with E-state index in [9.17, 15) is 9.18 Å². The molecule has 156 valence electrons. The van der Waals surface area contributed by atoms with E-state index in [1.807, 2.05) is 49.4 Å². The monoisotopic (exact) mass is 423 g/mol. The lowest BCUT2D eigenvalue weighted by atomic mass is 10.1. The van der Waals surface area contributed by atoms with Crippen LogP contribution in [0.4, 0.5) is 10.1 Å². The van der Waals surface area contributed by atoms with E-state index in [-0.39, 0.29) is 11.4 Å². The molecule has 0 spiro atoms. The van der Waals surface area contributed by atoms with Gasteiger partial charge in [-0.1, -0.05) is 35.9 Å². The Balaban J connectivity index is 1.61. The molecule has 0 unspecified atom stereocenters. The Labute approximate surface area is 183 Å². The number of fused-ring (bicyclic) bond motifs is 1. The summed E-state index contributed by atoms with van der Waals surface area (Å²) in [4.78, 5) is 21.6. The highest BCUT2D eigenvalue weighted by Gasteiger charge is 2.18. The third-order valence-corrected chi connectivity index (χ3v) is 5.11. The van der Waals surface area contributed by atoms with Crippen LogP contribution < -0.4 is 5.32 Å². The molecular formula is C25H18FN5O. The van der Waals surface area contributed by atoms with E-state index in [2.05, 4.69) is 20.4 Å². The number of carbonyl (C=O) groups is 1. The van der Waals surface area contributed by atoms with Gasteiger partial charge in [0.15, 0.2) is 5.69 Å². The van der Waals surface area contributed by atoms with E-state index < -0.39 is 11.7 Å². The second-order valence-electron chi connectivity index (χ2n) is 7.36. The molecule has 0 saturated heterocycles. The first-order valence-electron chi connectivity index (χ1n) is 10.0. The Hall–Kier alpha value is -4.39. The minimum absolute atomic E-state index is 0.102. The number of hydrogen-bond acceptors (Lipinski definition) is 4. The fraction of sp³-hybridized carbons (Fsp3) is 0.0400. The van der Waals surface area contributed by atoms with E-state index in [1.165, 1.54) is 12.1 Å². The largest absolute Gasteiger partial charge is 0.318 e. The highest BCUT2D eigenvalue weighted by atomic mass is 19.1. The van der Waals surface area contributed by atoms with Gasteiger partial charge in [-0.2, -0.15) is 5.10 Å². The molecule has 5 rings (SSSR count). The standard InChI is InChI=1S/C25H18FN5O/c1-16-6-9-18(10-7-16)31-24(17-8-11-21-22(14-17)28-13-12-27-21)15-23(30-31)25(32)29-20-5-3-2-4-19(20)26/h2-15H,1H3,(H,29,32). The van der Waals surface area contributed by atoms with Crippen molar-refractivity contribution in [2.45, 2.75) is 6.92 Å². The average Bonchev–Trinajstić information content (AvgIpc) is 3.26. The van der Waals surface area contributed by atoms with Crippen LogP contribution in [0.1, 0.15) is 16.1 Å². The van der Waals surface area contributed by atoms with Crippen LogP contribution in [0, 0.1) is 12.7 Å². The molecule has 0 aliphatic carbocycles. The van der Waals surface area contributed by atoms with Crippen molar-refractivity contribution in [1.29, 1.82) is 0 Å². The number of nitrogens with zero attached hydrogens (tertiary/aromatic N) is 4. The van der Waals surface area contributed by atoms with Crippen molar-refractivity contribution in [2.24, 2.45) is 0 Å². The van der Waals surface area contributed by atoms with Gasteiger partial charge in [0.2, 0.25) is 0 Å². The number of aromatic nitrogens is 4. The number of halogens is 1. The lowest BCUT2D eigenvalue weighted by Gasteiger charge is -2.08. The van der Waals surface area contributed by atoms with Gasteiger partial charge in [0.05, 0.1) is 28.1 Å². The van der Waals surface area contributed by atoms with Crippen molar-refractivity contribution in [3.05, 3.63) is 102 Å². The SMILES string of the molecule is Cc1ccc(-n2nc(C(=O)Nc3ccccc3F)cc2-c2ccc3nccnc3c2)cc1. The Morgan fingerprint density at radius 3 is 2.44 bits per heavy atom. The Morgan fingerprint density at radius 1 is 0.906 bits per heavy atom.